The number of amides is 1. The van der Waals surface area contributed by atoms with Crippen LogP contribution < -0.4 is 5.32 Å². The molecule has 1 aliphatic rings. The van der Waals surface area contributed by atoms with Gasteiger partial charge in [0.15, 0.2) is 0 Å². The number of phenolic OH excluding ortho intramolecular Hbond substituents is 1. The van der Waals surface area contributed by atoms with Crippen LogP contribution in [0.25, 0.3) is 0 Å². The molecule has 0 aromatic heterocycles. The molecular formula is C19H21NO3. The molecule has 0 aliphatic heterocycles. The lowest BCUT2D eigenvalue weighted by Crippen LogP contribution is -2.49. The van der Waals surface area contributed by atoms with Gasteiger partial charge in [0.25, 0.3) is 0 Å². The maximum atomic E-state index is 12.1. The van der Waals surface area contributed by atoms with Gasteiger partial charge in [0.1, 0.15) is 12.4 Å². The van der Waals surface area contributed by atoms with Gasteiger partial charge < -0.3 is 15.2 Å². The summed E-state index contributed by atoms with van der Waals surface area (Å²) in [5.74, 6) is 0.264. The Balaban J connectivity index is 1.60. The summed E-state index contributed by atoms with van der Waals surface area (Å²) in [4.78, 5) is 12.1. The highest BCUT2D eigenvalue weighted by molar-refractivity contribution is 5.68. The molecule has 2 aromatic carbocycles. The smallest absolute Gasteiger partial charge is 0.407 e. The fraction of sp³-hybridized carbons (Fsp3) is 0.316. The Hall–Kier alpha value is -2.49. The Labute approximate surface area is 136 Å². The van der Waals surface area contributed by atoms with Gasteiger partial charge in [0.2, 0.25) is 0 Å². The highest BCUT2D eigenvalue weighted by Gasteiger charge is 2.32. The highest BCUT2D eigenvalue weighted by atomic mass is 16.5. The molecule has 0 spiro atoms. The normalized spacial score (nSPS) is 19.7. The first-order valence-corrected chi connectivity index (χ1v) is 7.84. The number of hydrogen-bond donors (Lipinski definition) is 2. The van der Waals surface area contributed by atoms with Crippen LogP contribution in [-0.4, -0.2) is 16.7 Å². The zero-order valence-corrected chi connectivity index (χ0v) is 13.2. The van der Waals surface area contributed by atoms with Gasteiger partial charge in [-0.1, -0.05) is 36.4 Å². The number of hydrogen-bond acceptors (Lipinski definition) is 3. The fourth-order valence-corrected chi connectivity index (χ4v) is 3.05. The minimum atomic E-state index is -0.403. The number of ether oxygens (including phenoxy) is 1. The van der Waals surface area contributed by atoms with Crippen molar-refractivity contribution in [3.63, 3.8) is 0 Å². The molecule has 0 saturated heterocycles. The van der Waals surface area contributed by atoms with Gasteiger partial charge in [-0.05, 0) is 55.0 Å². The molecule has 0 radical (unpaired) electrons. The van der Waals surface area contributed by atoms with E-state index in [1.54, 1.807) is 12.1 Å². The lowest BCUT2D eigenvalue weighted by molar-refractivity contribution is 0.125. The third-order valence-corrected chi connectivity index (χ3v) is 4.33. The summed E-state index contributed by atoms with van der Waals surface area (Å²) in [6.45, 7) is 2.28. The molecule has 1 aliphatic carbocycles. The third-order valence-electron chi connectivity index (χ3n) is 4.33. The molecule has 1 unspecified atom stereocenters. The van der Waals surface area contributed by atoms with Crippen molar-refractivity contribution in [1.29, 1.82) is 0 Å². The summed E-state index contributed by atoms with van der Waals surface area (Å²) in [7, 11) is 0. The summed E-state index contributed by atoms with van der Waals surface area (Å²) in [5.41, 5.74) is 2.93. The number of carbonyl (C=O) groups is 1. The van der Waals surface area contributed by atoms with Crippen molar-refractivity contribution in [3.05, 3.63) is 65.2 Å². The minimum Gasteiger partial charge on any atom is -0.508 e. The van der Waals surface area contributed by atoms with Crippen molar-refractivity contribution >= 4 is 6.09 Å². The second-order valence-corrected chi connectivity index (χ2v) is 6.38. The van der Waals surface area contributed by atoms with Crippen LogP contribution in [-0.2, 0) is 24.2 Å². The summed E-state index contributed by atoms with van der Waals surface area (Å²) in [6.07, 6.45) is 2.02. The summed E-state index contributed by atoms with van der Waals surface area (Å²) in [5, 5.41) is 12.6. The second-order valence-electron chi connectivity index (χ2n) is 6.38. The zero-order valence-electron chi connectivity index (χ0n) is 13.2. The van der Waals surface area contributed by atoms with Gasteiger partial charge in [0.05, 0.1) is 0 Å². The molecular weight excluding hydrogens is 290 g/mol. The van der Waals surface area contributed by atoms with Gasteiger partial charge in [0, 0.05) is 5.54 Å². The minimum absolute atomic E-state index is 0.264. The number of alkyl carbamates (subject to hydrolysis) is 1. The quantitative estimate of drug-likeness (QED) is 0.911. The van der Waals surface area contributed by atoms with Crippen LogP contribution in [0.4, 0.5) is 4.79 Å². The number of carbonyl (C=O) groups excluding carboxylic acids is 1. The van der Waals surface area contributed by atoms with Crippen LogP contribution in [0.15, 0.2) is 48.5 Å². The van der Waals surface area contributed by atoms with Gasteiger partial charge in [-0.2, -0.15) is 0 Å². The Bertz CT molecular complexity index is 699. The largest absolute Gasteiger partial charge is 0.508 e. The van der Waals surface area contributed by atoms with E-state index in [4.69, 9.17) is 4.74 Å². The first-order valence-electron chi connectivity index (χ1n) is 7.84. The van der Waals surface area contributed by atoms with E-state index in [-0.39, 0.29) is 17.9 Å². The first kappa shape index (κ1) is 15.4. The molecule has 2 N–H and O–H groups in total. The summed E-state index contributed by atoms with van der Waals surface area (Å²) < 4.78 is 5.31. The molecule has 0 fully saturated rings. The average Bonchev–Trinajstić information content (AvgIpc) is 2.53. The van der Waals surface area contributed by atoms with E-state index in [1.807, 2.05) is 43.3 Å². The van der Waals surface area contributed by atoms with Crippen molar-refractivity contribution in [3.8, 4) is 5.75 Å². The van der Waals surface area contributed by atoms with E-state index in [9.17, 15) is 9.90 Å². The monoisotopic (exact) mass is 311 g/mol. The van der Waals surface area contributed by atoms with E-state index in [0.29, 0.717) is 6.42 Å². The Kier molecular flexibility index (Phi) is 4.24. The predicted molar refractivity (Wildman–Crippen MR) is 88.3 cm³/mol. The Morgan fingerprint density at radius 3 is 2.78 bits per heavy atom. The highest BCUT2D eigenvalue weighted by Crippen LogP contribution is 2.30. The van der Waals surface area contributed by atoms with E-state index < -0.39 is 6.09 Å². The Morgan fingerprint density at radius 2 is 2.00 bits per heavy atom. The molecule has 23 heavy (non-hydrogen) atoms. The molecule has 2 aromatic rings. The van der Waals surface area contributed by atoms with Crippen LogP contribution >= 0.6 is 0 Å². The third kappa shape index (κ3) is 3.83. The summed E-state index contributed by atoms with van der Waals surface area (Å²) in [6, 6.07) is 15.1. The lowest BCUT2D eigenvalue weighted by atomic mass is 9.79. The average molecular weight is 311 g/mol. The zero-order chi connectivity index (χ0) is 16.3. The topological polar surface area (TPSA) is 58.6 Å². The van der Waals surface area contributed by atoms with Gasteiger partial charge >= 0.3 is 6.09 Å². The number of rotatable bonds is 3. The second kappa shape index (κ2) is 6.32. The number of aromatic hydroxyl groups is 1. The van der Waals surface area contributed by atoms with Gasteiger partial charge in [-0.15, -0.1) is 0 Å². The SMILES string of the molecule is CC1(NC(=O)OCc2ccccc2)CCc2ccc(O)cc2C1. The van der Waals surface area contributed by atoms with E-state index in [2.05, 4.69) is 5.32 Å². The number of aryl methyl sites for hydroxylation is 1. The standard InChI is InChI=1S/C19H21NO3/c1-19(10-9-15-7-8-17(21)11-16(15)12-19)20-18(22)23-13-14-5-3-2-4-6-14/h2-8,11,21H,9-10,12-13H2,1H3,(H,20,22). The molecule has 3 rings (SSSR count). The van der Waals surface area contributed by atoms with Crippen LogP contribution in [0.3, 0.4) is 0 Å². The van der Waals surface area contributed by atoms with Crippen LogP contribution in [0, 0.1) is 0 Å². The maximum absolute atomic E-state index is 12.1. The molecule has 0 bridgehead atoms. The molecule has 4 nitrogen and oxygen atoms in total. The van der Waals surface area contributed by atoms with Gasteiger partial charge in [-0.25, -0.2) is 4.79 Å². The van der Waals surface area contributed by atoms with E-state index >= 15 is 0 Å². The van der Waals surface area contributed by atoms with Crippen molar-refractivity contribution in [1.82, 2.24) is 5.32 Å². The molecule has 1 atom stereocenters. The number of phenols is 1. The summed E-state index contributed by atoms with van der Waals surface area (Å²) >= 11 is 0. The van der Waals surface area contributed by atoms with Crippen LogP contribution in [0.5, 0.6) is 5.75 Å². The van der Waals surface area contributed by atoms with E-state index in [1.165, 1.54) is 5.56 Å². The molecule has 4 heteroatoms. The molecule has 120 valence electrons. The van der Waals surface area contributed by atoms with Crippen molar-refractivity contribution in [2.24, 2.45) is 0 Å². The first-order chi connectivity index (χ1) is 11.0. The molecule has 0 saturated carbocycles. The molecule has 0 heterocycles. The number of benzene rings is 2. The maximum Gasteiger partial charge on any atom is 0.407 e. The van der Waals surface area contributed by atoms with Crippen molar-refractivity contribution < 1.29 is 14.6 Å². The van der Waals surface area contributed by atoms with Crippen molar-refractivity contribution in [2.45, 2.75) is 38.3 Å². The van der Waals surface area contributed by atoms with E-state index in [0.717, 1.165) is 24.0 Å². The van der Waals surface area contributed by atoms with Crippen molar-refractivity contribution in [2.75, 3.05) is 0 Å². The van der Waals surface area contributed by atoms with Crippen LogP contribution in [0.2, 0.25) is 0 Å². The number of fused-ring (bicyclic) bond motifs is 1. The molecule has 1 amide bonds. The van der Waals surface area contributed by atoms with Gasteiger partial charge in [-0.3, -0.25) is 0 Å². The lowest BCUT2D eigenvalue weighted by Gasteiger charge is -2.35. The predicted octanol–water partition coefficient (Wildman–Crippen LogP) is 3.57. The van der Waals surface area contributed by atoms with Crippen LogP contribution in [0.1, 0.15) is 30.0 Å². The Morgan fingerprint density at radius 1 is 1.22 bits per heavy atom. The fourth-order valence-electron chi connectivity index (χ4n) is 3.05. The number of nitrogens with one attached hydrogen (secondary N) is 1.